The molecule has 0 saturated heterocycles. The van der Waals surface area contributed by atoms with E-state index in [0.717, 1.165) is 11.8 Å². The summed E-state index contributed by atoms with van der Waals surface area (Å²) in [6.45, 7) is 4.75. The van der Waals surface area contributed by atoms with Crippen LogP contribution in [0.3, 0.4) is 0 Å². The van der Waals surface area contributed by atoms with Crippen LogP contribution in [0.4, 0.5) is 0 Å². The summed E-state index contributed by atoms with van der Waals surface area (Å²) >= 11 is 0. The highest BCUT2D eigenvalue weighted by atomic mass is 14.2. The minimum absolute atomic E-state index is 0.906. The van der Waals surface area contributed by atoms with Crippen LogP contribution in [-0.4, -0.2) is 0 Å². The molecule has 0 aliphatic heterocycles. The van der Waals surface area contributed by atoms with Crippen LogP contribution in [0.2, 0.25) is 0 Å². The molecule has 84 valence electrons. The molecule has 0 aromatic rings. The molecule has 1 aliphatic rings. The molecule has 1 rings (SSSR count). The number of rotatable bonds is 2. The molecule has 0 heteroatoms. The molecule has 0 aromatic carbocycles. The van der Waals surface area contributed by atoms with E-state index in [2.05, 4.69) is 13.8 Å². The molecular formula is C14H28. The second-order valence-electron chi connectivity index (χ2n) is 5.55. The molecule has 0 unspecified atom stereocenters. The Kier molecular flexibility index (Phi) is 6.31. The molecule has 0 aromatic heterocycles. The van der Waals surface area contributed by atoms with Gasteiger partial charge < -0.3 is 0 Å². The predicted octanol–water partition coefficient (Wildman–Crippen LogP) is 5.17. The molecule has 1 aliphatic carbocycles. The van der Waals surface area contributed by atoms with Gasteiger partial charge in [0, 0.05) is 0 Å². The third-order valence-corrected chi connectivity index (χ3v) is 3.53. The monoisotopic (exact) mass is 196 g/mol. The molecule has 0 N–H and O–H groups in total. The number of hydrogen-bond acceptors (Lipinski definition) is 0. The van der Waals surface area contributed by atoms with Crippen molar-refractivity contribution >= 4 is 0 Å². The zero-order valence-corrected chi connectivity index (χ0v) is 10.2. The zero-order chi connectivity index (χ0) is 10.2. The van der Waals surface area contributed by atoms with Gasteiger partial charge in [0.1, 0.15) is 0 Å². The third-order valence-electron chi connectivity index (χ3n) is 3.53. The van der Waals surface area contributed by atoms with Crippen LogP contribution in [0.5, 0.6) is 0 Å². The third kappa shape index (κ3) is 5.67. The highest BCUT2D eigenvalue weighted by molar-refractivity contribution is 4.64. The molecule has 0 amide bonds. The fourth-order valence-electron chi connectivity index (χ4n) is 2.80. The lowest BCUT2D eigenvalue weighted by atomic mass is 9.86. The Bertz CT molecular complexity index is 116. The molecule has 0 radical (unpaired) electrons. The van der Waals surface area contributed by atoms with Crippen molar-refractivity contribution in [3.05, 3.63) is 0 Å². The predicted molar refractivity (Wildman–Crippen MR) is 64.5 cm³/mol. The van der Waals surface area contributed by atoms with Gasteiger partial charge in [-0.05, 0) is 18.3 Å². The van der Waals surface area contributed by atoms with Crippen molar-refractivity contribution in [2.75, 3.05) is 0 Å². The summed E-state index contributed by atoms with van der Waals surface area (Å²) in [5.41, 5.74) is 0. The Morgan fingerprint density at radius 2 is 1.21 bits per heavy atom. The minimum atomic E-state index is 0.906. The van der Waals surface area contributed by atoms with Crippen LogP contribution in [-0.2, 0) is 0 Å². The molecule has 0 bridgehead atoms. The van der Waals surface area contributed by atoms with Crippen molar-refractivity contribution in [2.45, 2.75) is 78.1 Å². The van der Waals surface area contributed by atoms with E-state index in [1.165, 1.54) is 64.2 Å². The van der Waals surface area contributed by atoms with E-state index in [4.69, 9.17) is 0 Å². The van der Waals surface area contributed by atoms with Gasteiger partial charge in [-0.25, -0.2) is 0 Å². The summed E-state index contributed by atoms with van der Waals surface area (Å²) in [4.78, 5) is 0. The second-order valence-corrected chi connectivity index (χ2v) is 5.55. The van der Waals surface area contributed by atoms with Gasteiger partial charge in [0.15, 0.2) is 0 Å². The standard InChI is InChI=1S/C14H28/c1-13(2)12-14-10-8-6-4-3-5-7-9-11-14/h13-14H,3-12H2,1-2H3. The number of hydrogen-bond donors (Lipinski definition) is 0. The van der Waals surface area contributed by atoms with Crippen molar-refractivity contribution < 1.29 is 0 Å². The van der Waals surface area contributed by atoms with E-state index < -0.39 is 0 Å². The van der Waals surface area contributed by atoms with E-state index >= 15 is 0 Å². The average Bonchev–Trinajstić information content (AvgIpc) is 2.15. The van der Waals surface area contributed by atoms with Crippen molar-refractivity contribution in [2.24, 2.45) is 11.8 Å². The summed E-state index contributed by atoms with van der Waals surface area (Å²) in [7, 11) is 0. The van der Waals surface area contributed by atoms with Crippen molar-refractivity contribution in [1.82, 2.24) is 0 Å². The summed E-state index contributed by atoms with van der Waals surface area (Å²) < 4.78 is 0. The first-order valence-corrected chi connectivity index (χ1v) is 6.79. The SMILES string of the molecule is CC(C)CC1CCCCCCCCC1. The summed E-state index contributed by atoms with van der Waals surface area (Å²) in [5, 5.41) is 0. The van der Waals surface area contributed by atoms with Crippen LogP contribution in [0.25, 0.3) is 0 Å². The second kappa shape index (κ2) is 7.31. The Morgan fingerprint density at radius 1 is 0.786 bits per heavy atom. The Morgan fingerprint density at radius 3 is 1.64 bits per heavy atom. The summed E-state index contributed by atoms with van der Waals surface area (Å²) in [6.07, 6.45) is 15.0. The van der Waals surface area contributed by atoms with Gasteiger partial charge in [-0.3, -0.25) is 0 Å². The molecule has 14 heavy (non-hydrogen) atoms. The van der Waals surface area contributed by atoms with E-state index in [9.17, 15) is 0 Å². The first-order valence-electron chi connectivity index (χ1n) is 6.79. The lowest BCUT2D eigenvalue weighted by Crippen LogP contribution is -2.06. The van der Waals surface area contributed by atoms with Gasteiger partial charge in [0.05, 0.1) is 0 Å². The van der Waals surface area contributed by atoms with Crippen LogP contribution in [0, 0.1) is 11.8 Å². The molecule has 0 nitrogen and oxygen atoms in total. The molecule has 0 heterocycles. The van der Waals surface area contributed by atoms with Gasteiger partial charge >= 0.3 is 0 Å². The Balaban J connectivity index is 2.23. The quantitative estimate of drug-likeness (QED) is 0.571. The van der Waals surface area contributed by atoms with E-state index in [1.54, 1.807) is 0 Å². The van der Waals surface area contributed by atoms with Crippen LogP contribution < -0.4 is 0 Å². The van der Waals surface area contributed by atoms with Crippen LogP contribution in [0.15, 0.2) is 0 Å². The minimum Gasteiger partial charge on any atom is -0.0628 e. The maximum atomic E-state index is 2.37. The maximum Gasteiger partial charge on any atom is -0.0412 e. The average molecular weight is 196 g/mol. The molecule has 0 spiro atoms. The fourth-order valence-corrected chi connectivity index (χ4v) is 2.80. The summed E-state index contributed by atoms with van der Waals surface area (Å²) in [5.74, 6) is 1.95. The Labute approximate surface area is 90.5 Å². The fraction of sp³-hybridized carbons (Fsp3) is 1.00. The highest BCUT2D eigenvalue weighted by Crippen LogP contribution is 2.26. The van der Waals surface area contributed by atoms with Crippen molar-refractivity contribution in [3.8, 4) is 0 Å². The van der Waals surface area contributed by atoms with Gasteiger partial charge in [-0.15, -0.1) is 0 Å². The van der Waals surface area contributed by atoms with E-state index in [-0.39, 0.29) is 0 Å². The normalized spacial score (nSPS) is 22.5. The van der Waals surface area contributed by atoms with Gasteiger partial charge in [0.2, 0.25) is 0 Å². The topological polar surface area (TPSA) is 0 Å². The lowest BCUT2D eigenvalue weighted by molar-refractivity contribution is 0.331. The molecule has 0 atom stereocenters. The maximum absolute atomic E-state index is 2.37. The van der Waals surface area contributed by atoms with E-state index in [0.29, 0.717) is 0 Å². The van der Waals surface area contributed by atoms with Crippen molar-refractivity contribution in [1.29, 1.82) is 0 Å². The van der Waals surface area contributed by atoms with Gasteiger partial charge in [-0.2, -0.15) is 0 Å². The smallest absolute Gasteiger partial charge is 0.0412 e. The largest absolute Gasteiger partial charge is 0.0628 e. The van der Waals surface area contributed by atoms with Crippen LogP contribution >= 0.6 is 0 Å². The zero-order valence-electron chi connectivity index (χ0n) is 10.2. The molecule has 1 saturated carbocycles. The molecule has 1 fully saturated rings. The first kappa shape index (κ1) is 12.1. The van der Waals surface area contributed by atoms with Gasteiger partial charge in [-0.1, -0.05) is 71.6 Å². The van der Waals surface area contributed by atoms with Gasteiger partial charge in [0.25, 0.3) is 0 Å². The Hall–Kier alpha value is 0. The van der Waals surface area contributed by atoms with Crippen molar-refractivity contribution in [3.63, 3.8) is 0 Å². The summed E-state index contributed by atoms with van der Waals surface area (Å²) in [6, 6.07) is 0. The van der Waals surface area contributed by atoms with Crippen LogP contribution in [0.1, 0.15) is 78.1 Å². The lowest BCUT2D eigenvalue weighted by Gasteiger charge is -2.20. The molecular weight excluding hydrogens is 168 g/mol. The first-order chi connectivity index (χ1) is 6.79. The highest BCUT2D eigenvalue weighted by Gasteiger charge is 2.11. The van der Waals surface area contributed by atoms with E-state index in [1.807, 2.05) is 0 Å².